The van der Waals surface area contributed by atoms with Crippen molar-refractivity contribution >= 4 is 11.9 Å². The van der Waals surface area contributed by atoms with Gasteiger partial charge >= 0.3 is 6.03 Å². The lowest BCUT2D eigenvalue weighted by Crippen LogP contribution is -2.45. The van der Waals surface area contributed by atoms with Crippen LogP contribution in [0.1, 0.15) is 45.1 Å². The highest BCUT2D eigenvalue weighted by Crippen LogP contribution is 2.27. The van der Waals surface area contributed by atoms with Gasteiger partial charge in [0.2, 0.25) is 0 Å². The molecule has 0 aromatic heterocycles. The molecule has 3 amide bonds. The van der Waals surface area contributed by atoms with Crippen LogP contribution in [-0.2, 0) is 11.2 Å². The molecule has 7 nitrogen and oxygen atoms in total. The van der Waals surface area contributed by atoms with Crippen molar-refractivity contribution < 1.29 is 19.1 Å². The number of carbonyl (C=O) groups is 2. The Morgan fingerprint density at radius 1 is 1.07 bits per heavy atom. The quantitative estimate of drug-likeness (QED) is 0.625. The van der Waals surface area contributed by atoms with E-state index in [0.29, 0.717) is 24.9 Å². The first-order chi connectivity index (χ1) is 14.4. The molecule has 7 heteroatoms. The van der Waals surface area contributed by atoms with Crippen molar-refractivity contribution in [2.24, 2.45) is 11.8 Å². The van der Waals surface area contributed by atoms with E-state index >= 15 is 0 Å². The summed E-state index contributed by atoms with van der Waals surface area (Å²) in [4.78, 5) is 28.4. The van der Waals surface area contributed by atoms with Crippen LogP contribution in [0, 0.1) is 11.8 Å². The number of nitrogens with zero attached hydrogens (tertiary/aromatic N) is 2. The Balaban J connectivity index is 1.45. The van der Waals surface area contributed by atoms with Crippen molar-refractivity contribution in [3.63, 3.8) is 0 Å². The molecule has 166 valence electrons. The maximum Gasteiger partial charge on any atom is 0.325 e. The van der Waals surface area contributed by atoms with Gasteiger partial charge in [-0.15, -0.1) is 0 Å². The molecule has 0 aliphatic carbocycles. The van der Waals surface area contributed by atoms with E-state index in [-0.39, 0.29) is 18.0 Å². The van der Waals surface area contributed by atoms with E-state index in [1.807, 2.05) is 6.07 Å². The zero-order valence-corrected chi connectivity index (χ0v) is 18.6. The summed E-state index contributed by atoms with van der Waals surface area (Å²) in [6.07, 6.45) is 4.96. The lowest BCUT2D eigenvalue weighted by atomic mass is 9.90. The Morgan fingerprint density at radius 3 is 2.27 bits per heavy atom. The largest absolute Gasteiger partial charge is 0.497 e. The molecule has 30 heavy (non-hydrogen) atoms. The van der Waals surface area contributed by atoms with Crippen molar-refractivity contribution in [2.75, 3.05) is 34.0 Å². The number of methoxy groups -OCH3 is 2. The monoisotopic (exact) mass is 417 g/mol. The van der Waals surface area contributed by atoms with E-state index in [1.165, 1.54) is 10.5 Å². The van der Waals surface area contributed by atoms with Gasteiger partial charge in [-0.1, -0.05) is 13.8 Å². The number of ether oxygens (including phenoxy) is 2. The van der Waals surface area contributed by atoms with Crippen molar-refractivity contribution in [2.45, 2.75) is 52.0 Å². The highest BCUT2D eigenvalue weighted by atomic mass is 16.5. The van der Waals surface area contributed by atoms with E-state index in [2.05, 4.69) is 36.2 Å². The van der Waals surface area contributed by atoms with Gasteiger partial charge in [0.15, 0.2) is 0 Å². The van der Waals surface area contributed by atoms with Crippen LogP contribution in [0.2, 0.25) is 0 Å². The molecular formula is C23H35N3O4. The topological polar surface area (TPSA) is 71.1 Å². The van der Waals surface area contributed by atoms with Crippen LogP contribution in [0.4, 0.5) is 4.79 Å². The van der Waals surface area contributed by atoms with Gasteiger partial charge in [0.05, 0.1) is 20.9 Å². The molecule has 1 N–H and O–H groups in total. The molecule has 0 spiro atoms. The van der Waals surface area contributed by atoms with Gasteiger partial charge in [0.25, 0.3) is 5.91 Å². The maximum absolute atomic E-state index is 12.5. The molecular weight excluding hydrogens is 382 g/mol. The first kappa shape index (κ1) is 22.4. The zero-order valence-electron chi connectivity index (χ0n) is 18.6. The summed E-state index contributed by atoms with van der Waals surface area (Å²) in [5, 5.41) is 2.83. The van der Waals surface area contributed by atoms with Crippen LogP contribution in [0.3, 0.4) is 0 Å². The number of rotatable bonds is 9. The molecule has 1 unspecified atom stereocenters. The van der Waals surface area contributed by atoms with E-state index in [9.17, 15) is 9.59 Å². The summed E-state index contributed by atoms with van der Waals surface area (Å²) >= 11 is 0. The lowest BCUT2D eigenvalue weighted by molar-refractivity contribution is -0.129. The van der Waals surface area contributed by atoms with E-state index in [4.69, 9.17) is 9.47 Å². The van der Waals surface area contributed by atoms with Crippen molar-refractivity contribution in [1.82, 2.24) is 15.1 Å². The number of benzene rings is 1. The molecule has 2 aliphatic heterocycles. The second-order valence-corrected chi connectivity index (χ2v) is 8.86. The molecule has 0 radical (unpaired) electrons. The third kappa shape index (κ3) is 5.65. The minimum atomic E-state index is -0.366. The Hall–Kier alpha value is -2.28. The number of piperidine rings is 1. The number of aryl methyl sites for hydroxylation is 1. The second-order valence-electron chi connectivity index (χ2n) is 8.86. The van der Waals surface area contributed by atoms with Crippen LogP contribution in [0.15, 0.2) is 18.2 Å². The van der Waals surface area contributed by atoms with Crippen molar-refractivity contribution in [1.29, 1.82) is 0 Å². The average Bonchev–Trinajstić information content (AvgIpc) is 2.99. The zero-order chi connectivity index (χ0) is 21.7. The van der Waals surface area contributed by atoms with E-state index in [0.717, 1.165) is 50.3 Å². The molecule has 1 aromatic rings. The standard InChI is InChI=1S/C23H35N3O4/c1-16(2)11-21-22(27)26(23(28)24-21)15-25-9-7-17(8-10-25)5-6-18-12-19(29-3)14-20(13-18)30-4/h12-14,16-17,21H,5-11,15H2,1-4H3,(H,24,28). The van der Waals surface area contributed by atoms with Crippen LogP contribution in [0.5, 0.6) is 11.5 Å². The molecule has 2 fully saturated rings. The van der Waals surface area contributed by atoms with Crippen molar-refractivity contribution in [3.8, 4) is 11.5 Å². The lowest BCUT2D eigenvalue weighted by Gasteiger charge is -2.33. The van der Waals surface area contributed by atoms with Crippen molar-refractivity contribution in [3.05, 3.63) is 23.8 Å². The Kier molecular flexibility index (Phi) is 7.58. The van der Waals surface area contributed by atoms with Gasteiger partial charge in [-0.25, -0.2) is 9.69 Å². The normalized spacial score (nSPS) is 20.7. The third-order valence-electron chi connectivity index (χ3n) is 6.12. The second kappa shape index (κ2) is 10.2. The molecule has 1 aromatic carbocycles. The van der Waals surface area contributed by atoms with Gasteiger partial charge in [-0.05, 0) is 61.6 Å². The minimum absolute atomic E-state index is 0.0807. The predicted molar refractivity (Wildman–Crippen MR) is 116 cm³/mol. The summed E-state index contributed by atoms with van der Waals surface area (Å²) in [5.74, 6) is 2.59. The first-order valence-corrected chi connectivity index (χ1v) is 11.0. The number of nitrogens with one attached hydrogen (secondary N) is 1. The number of hydrogen-bond donors (Lipinski definition) is 1. The van der Waals surface area contributed by atoms with E-state index < -0.39 is 0 Å². The SMILES string of the molecule is COc1cc(CCC2CCN(CN3C(=O)NC(CC(C)C)C3=O)CC2)cc(OC)c1. The molecule has 1 atom stereocenters. The molecule has 0 saturated carbocycles. The number of carbonyl (C=O) groups excluding carboxylic acids is 2. The maximum atomic E-state index is 12.5. The smallest absolute Gasteiger partial charge is 0.325 e. The molecule has 2 aliphatic rings. The van der Waals surface area contributed by atoms with Gasteiger partial charge in [0.1, 0.15) is 17.5 Å². The Labute approximate surface area is 179 Å². The summed E-state index contributed by atoms with van der Waals surface area (Å²) in [6, 6.07) is 5.42. The molecule has 3 rings (SSSR count). The summed E-state index contributed by atoms with van der Waals surface area (Å²) in [5.41, 5.74) is 1.23. The minimum Gasteiger partial charge on any atom is -0.497 e. The van der Waals surface area contributed by atoms with Gasteiger partial charge < -0.3 is 14.8 Å². The van der Waals surface area contributed by atoms with Crippen LogP contribution >= 0.6 is 0 Å². The Bertz CT molecular complexity index is 722. The Morgan fingerprint density at radius 2 is 1.70 bits per heavy atom. The summed E-state index contributed by atoms with van der Waals surface area (Å²) in [7, 11) is 3.34. The third-order valence-corrected chi connectivity index (χ3v) is 6.12. The fourth-order valence-corrected chi connectivity index (χ4v) is 4.34. The van der Waals surface area contributed by atoms with Gasteiger partial charge in [0, 0.05) is 19.2 Å². The summed E-state index contributed by atoms with van der Waals surface area (Å²) < 4.78 is 10.7. The van der Waals surface area contributed by atoms with Crippen LogP contribution in [-0.4, -0.2) is 61.8 Å². The number of imide groups is 1. The molecule has 2 heterocycles. The fourth-order valence-electron chi connectivity index (χ4n) is 4.34. The highest BCUT2D eigenvalue weighted by Gasteiger charge is 2.39. The highest BCUT2D eigenvalue weighted by molar-refractivity contribution is 6.04. The van der Waals surface area contributed by atoms with Gasteiger partial charge in [-0.3, -0.25) is 9.69 Å². The van der Waals surface area contributed by atoms with Gasteiger partial charge in [-0.2, -0.15) is 0 Å². The van der Waals surface area contributed by atoms with E-state index in [1.54, 1.807) is 14.2 Å². The summed E-state index contributed by atoms with van der Waals surface area (Å²) in [6.45, 7) is 6.36. The molecule has 0 bridgehead atoms. The first-order valence-electron chi connectivity index (χ1n) is 11.0. The molecule has 2 saturated heterocycles. The number of likely N-dealkylation sites (tertiary alicyclic amines) is 1. The number of amides is 3. The predicted octanol–water partition coefficient (Wildman–Crippen LogP) is 3.27. The number of hydrogen-bond acceptors (Lipinski definition) is 5. The number of urea groups is 1. The average molecular weight is 418 g/mol. The fraction of sp³-hybridized carbons (Fsp3) is 0.652. The van der Waals surface area contributed by atoms with Crippen LogP contribution in [0.25, 0.3) is 0 Å². The van der Waals surface area contributed by atoms with Crippen LogP contribution < -0.4 is 14.8 Å².